The standard InChI is InChI=1S/C25H30Cl2N4O7S/c1-16(25(33)28-19-6-4-5-7-19)29(14-17-8-9-18(26)12-21(17)27)24(32)15-30(39(3,36)37)22-13-20(31(34)35)10-11-23(22)38-2/h8-13,16,19H,4-7,14-15H2,1-3H3,(H,28,33)/t16-/m0/s1. The number of hydrogen-bond acceptors (Lipinski definition) is 7. The molecule has 39 heavy (non-hydrogen) atoms. The van der Waals surface area contributed by atoms with Gasteiger partial charge in [-0.05, 0) is 43.5 Å². The Labute approximate surface area is 237 Å². The van der Waals surface area contributed by atoms with E-state index in [9.17, 15) is 28.1 Å². The number of non-ortho nitro benzene ring substituents is 1. The zero-order valence-corrected chi connectivity index (χ0v) is 24.1. The molecule has 14 heteroatoms. The predicted octanol–water partition coefficient (Wildman–Crippen LogP) is 4.15. The van der Waals surface area contributed by atoms with Gasteiger partial charge in [0, 0.05) is 34.8 Å². The minimum atomic E-state index is -4.13. The number of nitrogens with zero attached hydrogens (tertiary/aromatic N) is 3. The van der Waals surface area contributed by atoms with Gasteiger partial charge < -0.3 is 15.0 Å². The summed E-state index contributed by atoms with van der Waals surface area (Å²) in [5.74, 6) is -1.11. The number of carbonyl (C=O) groups is 2. The van der Waals surface area contributed by atoms with Crippen LogP contribution in [0.1, 0.15) is 38.2 Å². The Balaban J connectivity index is 1.99. The van der Waals surface area contributed by atoms with Crippen molar-refractivity contribution in [3.8, 4) is 5.75 Å². The molecule has 1 atom stereocenters. The smallest absolute Gasteiger partial charge is 0.271 e. The number of ether oxygens (including phenoxy) is 1. The highest BCUT2D eigenvalue weighted by molar-refractivity contribution is 7.92. The first-order valence-electron chi connectivity index (χ1n) is 12.2. The Morgan fingerprint density at radius 2 is 1.85 bits per heavy atom. The van der Waals surface area contributed by atoms with E-state index >= 15 is 0 Å². The molecule has 0 unspecified atom stereocenters. The van der Waals surface area contributed by atoms with Crippen LogP contribution in [0.3, 0.4) is 0 Å². The van der Waals surface area contributed by atoms with Gasteiger partial charge in [-0.15, -0.1) is 0 Å². The van der Waals surface area contributed by atoms with Crippen LogP contribution in [0.15, 0.2) is 36.4 Å². The van der Waals surface area contributed by atoms with E-state index in [-0.39, 0.29) is 40.6 Å². The number of hydrogen-bond donors (Lipinski definition) is 1. The molecule has 0 aliphatic heterocycles. The molecular formula is C25H30Cl2N4O7S. The SMILES string of the molecule is COc1ccc([N+](=O)[O-])cc1N(CC(=O)N(Cc1ccc(Cl)cc1Cl)[C@@H](C)C(=O)NC1CCCC1)S(C)(=O)=O. The number of rotatable bonds is 11. The van der Waals surface area contributed by atoms with Crippen LogP contribution >= 0.6 is 23.2 Å². The summed E-state index contributed by atoms with van der Waals surface area (Å²) >= 11 is 12.4. The topological polar surface area (TPSA) is 139 Å². The van der Waals surface area contributed by atoms with Crippen molar-refractivity contribution < 1.29 is 27.7 Å². The Kier molecular flexibility index (Phi) is 10.0. The maximum absolute atomic E-state index is 13.8. The molecule has 2 amide bonds. The highest BCUT2D eigenvalue weighted by atomic mass is 35.5. The summed E-state index contributed by atoms with van der Waals surface area (Å²) in [6.45, 7) is 0.686. The summed E-state index contributed by atoms with van der Waals surface area (Å²) in [7, 11) is -2.86. The molecule has 2 aromatic carbocycles. The summed E-state index contributed by atoms with van der Waals surface area (Å²) in [5.41, 5.74) is -0.0788. The molecule has 1 aliphatic carbocycles. The molecule has 0 saturated heterocycles. The van der Waals surface area contributed by atoms with Crippen LogP contribution in [-0.4, -0.2) is 62.0 Å². The van der Waals surface area contributed by atoms with E-state index in [4.69, 9.17) is 27.9 Å². The number of methoxy groups -OCH3 is 1. The van der Waals surface area contributed by atoms with Crippen molar-refractivity contribution >= 4 is 56.4 Å². The molecule has 212 valence electrons. The van der Waals surface area contributed by atoms with Gasteiger partial charge in [-0.1, -0.05) is 42.1 Å². The number of sulfonamides is 1. The highest BCUT2D eigenvalue weighted by Crippen LogP contribution is 2.34. The molecule has 0 bridgehead atoms. The minimum absolute atomic E-state index is 0.00216. The number of benzene rings is 2. The lowest BCUT2D eigenvalue weighted by molar-refractivity contribution is -0.384. The number of nitro benzene ring substituents is 1. The third kappa shape index (κ3) is 7.74. The van der Waals surface area contributed by atoms with Crippen LogP contribution < -0.4 is 14.4 Å². The number of nitrogens with one attached hydrogen (secondary N) is 1. The Morgan fingerprint density at radius 1 is 1.18 bits per heavy atom. The van der Waals surface area contributed by atoms with Crippen LogP contribution in [0.5, 0.6) is 5.75 Å². The maximum Gasteiger partial charge on any atom is 0.271 e. The second-order valence-corrected chi connectivity index (χ2v) is 12.1. The summed E-state index contributed by atoms with van der Waals surface area (Å²) in [6, 6.07) is 7.14. The van der Waals surface area contributed by atoms with Gasteiger partial charge in [-0.2, -0.15) is 0 Å². The van der Waals surface area contributed by atoms with Crippen molar-refractivity contribution in [1.29, 1.82) is 0 Å². The Hall–Kier alpha value is -3.09. The van der Waals surface area contributed by atoms with E-state index in [1.807, 2.05) is 0 Å². The second-order valence-electron chi connectivity index (χ2n) is 9.31. The normalized spacial score (nSPS) is 14.5. The van der Waals surface area contributed by atoms with Crippen LogP contribution in [0.4, 0.5) is 11.4 Å². The van der Waals surface area contributed by atoms with Crippen molar-refractivity contribution in [2.75, 3.05) is 24.2 Å². The van der Waals surface area contributed by atoms with Gasteiger partial charge in [0.05, 0.1) is 18.3 Å². The first-order chi connectivity index (χ1) is 18.3. The number of amides is 2. The Morgan fingerprint density at radius 3 is 2.41 bits per heavy atom. The lowest BCUT2D eigenvalue weighted by Crippen LogP contribution is -2.52. The van der Waals surface area contributed by atoms with E-state index in [2.05, 4.69) is 5.32 Å². The molecule has 1 N–H and O–H groups in total. The molecule has 3 rings (SSSR count). The maximum atomic E-state index is 13.8. The molecule has 1 saturated carbocycles. The van der Waals surface area contributed by atoms with E-state index in [0.29, 0.717) is 10.6 Å². The van der Waals surface area contributed by atoms with Gasteiger partial charge in [0.25, 0.3) is 5.69 Å². The number of halogens is 2. The molecular weight excluding hydrogens is 571 g/mol. The highest BCUT2D eigenvalue weighted by Gasteiger charge is 2.33. The first kappa shape index (κ1) is 30.5. The molecule has 2 aromatic rings. The lowest BCUT2D eigenvalue weighted by atomic mass is 10.1. The van der Waals surface area contributed by atoms with E-state index < -0.39 is 33.4 Å². The fraction of sp³-hybridized carbons (Fsp3) is 0.440. The van der Waals surface area contributed by atoms with Gasteiger partial charge in [-0.3, -0.25) is 24.0 Å². The van der Waals surface area contributed by atoms with Gasteiger partial charge in [-0.25, -0.2) is 8.42 Å². The van der Waals surface area contributed by atoms with Crippen molar-refractivity contribution in [2.45, 2.75) is 51.2 Å². The fourth-order valence-electron chi connectivity index (χ4n) is 4.39. The van der Waals surface area contributed by atoms with Crippen LogP contribution in [0.2, 0.25) is 10.0 Å². The van der Waals surface area contributed by atoms with Gasteiger partial charge in [0.2, 0.25) is 21.8 Å². The molecule has 1 fully saturated rings. The van der Waals surface area contributed by atoms with Crippen molar-refractivity contribution in [1.82, 2.24) is 10.2 Å². The summed E-state index contributed by atoms with van der Waals surface area (Å²) in [5, 5.41) is 15.0. The predicted molar refractivity (Wildman–Crippen MR) is 149 cm³/mol. The second kappa shape index (κ2) is 12.8. The van der Waals surface area contributed by atoms with Gasteiger partial charge >= 0.3 is 0 Å². The molecule has 0 aromatic heterocycles. The van der Waals surface area contributed by atoms with E-state index in [1.54, 1.807) is 19.1 Å². The quantitative estimate of drug-likeness (QED) is 0.302. The monoisotopic (exact) mass is 600 g/mol. The largest absolute Gasteiger partial charge is 0.495 e. The minimum Gasteiger partial charge on any atom is -0.495 e. The molecule has 1 aliphatic rings. The average molecular weight is 602 g/mol. The van der Waals surface area contributed by atoms with Gasteiger partial charge in [0.1, 0.15) is 24.0 Å². The third-order valence-corrected chi connectivity index (χ3v) is 8.26. The zero-order valence-electron chi connectivity index (χ0n) is 21.7. The van der Waals surface area contributed by atoms with Gasteiger partial charge in [0.15, 0.2) is 0 Å². The van der Waals surface area contributed by atoms with Crippen molar-refractivity contribution in [3.05, 3.63) is 62.1 Å². The molecule has 0 radical (unpaired) electrons. The molecule has 0 spiro atoms. The number of nitro groups is 1. The average Bonchev–Trinajstić information content (AvgIpc) is 3.38. The number of carbonyl (C=O) groups excluding carboxylic acids is 2. The van der Waals surface area contributed by atoms with E-state index in [0.717, 1.165) is 48.4 Å². The lowest BCUT2D eigenvalue weighted by Gasteiger charge is -2.32. The Bertz CT molecular complexity index is 1350. The van der Waals surface area contributed by atoms with Crippen LogP contribution in [0, 0.1) is 10.1 Å². The zero-order chi connectivity index (χ0) is 28.9. The summed E-state index contributed by atoms with van der Waals surface area (Å²) < 4.78 is 31.6. The van der Waals surface area contributed by atoms with Crippen molar-refractivity contribution in [3.63, 3.8) is 0 Å². The summed E-state index contributed by atoms with van der Waals surface area (Å²) in [6.07, 6.45) is 4.54. The first-order valence-corrected chi connectivity index (χ1v) is 14.8. The van der Waals surface area contributed by atoms with E-state index in [1.165, 1.54) is 24.1 Å². The van der Waals surface area contributed by atoms with Crippen molar-refractivity contribution in [2.24, 2.45) is 0 Å². The van der Waals surface area contributed by atoms with Crippen LogP contribution in [-0.2, 0) is 26.2 Å². The number of anilines is 1. The summed E-state index contributed by atoms with van der Waals surface area (Å²) in [4.78, 5) is 38.8. The van der Waals surface area contributed by atoms with Crippen LogP contribution in [0.25, 0.3) is 0 Å². The molecule has 11 nitrogen and oxygen atoms in total. The third-order valence-electron chi connectivity index (χ3n) is 6.55. The fourth-order valence-corrected chi connectivity index (χ4v) is 5.70. The molecule has 0 heterocycles.